The number of rotatable bonds is 2. The zero-order chi connectivity index (χ0) is 9.10. The van der Waals surface area contributed by atoms with Crippen molar-refractivity contribution in [2.45, 2.75) is 57.9 Å². The molecule has 0 aromatic rings. The molecule has 1 nitrogen and oxygen atoms in total. The lowest BCUT2D eigenvalue weighted by Gasteiger charge is -2.39. The Morgan fingerprint density at radius 2 is 1.77 bits per heavy atom. The van der Waals surface area contributed by atoms with Crippen molar-refractivity contribution in [3.8, 4) is 0 Å². The maximum Gasteiger partial charge on any atom is 0.00697 e. The monoisotopic (exact) mass is 181 g/mol. The third kappa shape index (κ3) is 2.25. The molecule has 0 amide bonds. The second kappa shape index (κ2) is 4.45. The van der Waals surface area contributed by atoms with Crippen molar-refractivity contribution in [1.29, 1.82) is 0 Å². The molecule has 2 aliphatic carbocycles. The molecule has 76 valence electrons. The Labute approximate surface area is 82.3 Å². The molecule has 0 aromatic carbocycles. The molecule has 1 heteroatoms. The summed E-state index contributed by atoms with van der Waals surface area (Å²) in [5.74, 6) is 2.18. The van der Waals surface area contributed by atoms with E-state index in [1.165, 1.54) is 44.9 Å². The summed E-state index contributed by atoms with van der Waals surface area (Å²) in [5.41, 5.74) is 0. The van der Waals surface area contributed by atoms with Crippen LogP contribution in [0.4, 0.5) is 0 Å². The van der Waals surface area contributed by atoms with Gasteiger partial charge in [0.25, 0.3) is 0 Å². The first kappa shape index (κ1) is 9.51. The Hall–Kier alpha value is -0.0400. The van der Waals surface area contributed by atoms with Gasteiger partial charge < -0.3 is 5.32 Å². The second-order valence-electron chi connectivity index (χ2n) is 4.87. The highest BCUT2D eigenvalue weighted by atomic mass is 14.9. The molecule has 2 rings (SSSR count). The summed E-state index contributed by atoms with van der Waals surface area (Å²) in [6.07, 6.45) is 10.5. The SMILES string of the molecule is CCNC1CC[C@H]2CCCCC2C1. The molecule has 13 heavy (non-hydrogen) atoms. The highest BCUT2D eigenvalue weighted by Gasteiger charge is 2.31. The summed E-state index contributed by atoms with van der Waals surface area (Å²) in [4.78, 5) is 0. The fourth-order valence-electron chi connectivity index (χ4n) is 3.35. The van der Waals surface area contributed by atoms with E-state index in [-0.39, 0.29) is 0 Å². The van der Waals surface area contributed by atoms with Gasteiger partial charge in [0.1, 0.15) is 0 Å². The molecule has 0 radical (unpaired) electrons. The Morgan fingerprint density at radius 1 is 1.00 bits per heavy atom. The van der Waals surface area contributed by atoms with E-state index in [0.717, 1.165) is 24.4 Å². The van der Waals surface area contributed by atoms with E-state index in [2.05, 4.69) is 12.2 Å². The van der Waals surface area contributed by atoms with E-state index >= 15 is 0 Å². The van der Waals surface area contributed by atoms with Gasteiger partial charge in [-0.15, -0.1) is 0 Å². The van der Waals surface area contributed by atoms with Crippen LogP contribution in [-0.2, 0) is 0 Å². The molecule has 0 spiro atoms. The zero-order valence-corrected chi connectivity index (χ0v) is 8.89. The molecule has 2 aliphatic rings. The van der Waals surface area contributed by atoms with Gasteiger partial charge in [-0.2, -0.15) is 0 Å². The Balaban J connectivity index is 1.84. The predicted octanol–water partition coefficient (Wildman–Crippen LogP) is 2.95. The standard InChI is InChI=1S/C12H23N/c1-2-13-12-8-7-10-5-3-4-6-11(10)9-12/h10-13H,2-9H2,1H3/t10-,11?,12?/m1/s1. The molecule has 0 bridgehead atoms. The van der Waals surface area contributed by atoms with Crippen LogP contribution in [0.1, 0.15) is 51.9 Å². The molecule has 0 saturated heterocycles. The maximum absolute atomic E-state index is 3.62. The van der Waals surface area contributed by atoms with E-state index < -0.39 is 0 Å². The van der Waals surface area contributed by atoms with Crippen molar-refractivity contribution in [2.24, 2.45) is 11.8 Å². The van der Waals surface area contributed by atoms with E-state index in [1.54, 1.807) is 0 Å². The Morgan fingerprint density at radius 3 is 2.54 bits per heavy atom. The molecule has 0 aromatic heterocycles. The van der Waals surface area contributed by atoms with Gasteiger partial charge >= 0.3 is 0 Å². The van der Waals surface area contributed by atoms with Gasteiger partial charge in [-0.1, -0.05) is 32.6 Å². The molecule has 1 N–H and O–H groups in total. The highest BCUT2D eigenvalue weighted by Crippen LogP contribution is 2.40. The van der Waals surface area contributed by atoms with Crippen LogP contribution in [0.25, 0.3) is 0 Å². The summed E-state index contributed by atoms with van der Waals surface area (Å²) in [6, 6.07) is 0.851. The van der Waals surface area contributed by atoms with Crippen molar-refractivity contribution >= 4 is 0 Å². The number of hydrogen-bond acceptors (Lipinski definition) is 1. The molecule has 3 atom stereocenters. The lowest BCUT2D eigenvalue weighted by atomic mass is 9.69. The molecular weight excluding hydrogens is 158 g/mol. The van der Waals surface area contributed by atoms with Crippen molar-refractivity contribution in [2.75, 3.05) is 6.54 Å². The van der Waals surface area contributed by atoms with Crippen molar-refractivity contribution in [1.82, 2.24) is 5.32 Å². The minimum atomic E-state index is 0.851. The fraction of sp³-hybridized carbons (Fsp3) is 1.00. The van der Waals surface area contributed by atoms with Crippen LogP contribution < -0.4 is 5.32 Å². The summed E-state index contributed by atoms with van der Waals surface area (Å²) >= 11 is 0. The van der Waals surface area contributed by atoms with Gasteiger partial charge in [0.2, 0.25) is 0 Å². The first-order valence-electron chi connectivity index (χ1n) is 6.13. The summed E-state index contributed by atoms with van der Waals surface area (Å²) < 4.78 is 0. The van der Waals surface area contributed by atoms with Crippen LogP contribution >= 0.6 is 0 Å². The normalized spacial score (nSPS) is 39.9. The molecule has 0 aliphatic heterocycles. The van der Waals surface area contributed by atoms with E-state index in [1.807, 2.05) is 0 Å². The van der Waals surface area contributed by atoms with Crippen molar-refractivity contribution in [3.05, 3.63) is 0 Å². The highest BCUT2D eigenvalue weighted by molar-refractivity contribution is 4.85. The smallest absolute Gasteiger partial charge is 0.00697 e. The average molecular weight is 181 g/mol. The quantitative estimate of drug-likeness (QED) is 0.690. The van der Waals surface area contributed by atoms with Crippen LogP contribution in [0, 0.1) is 11.8 Å². The first-order valence-corrected chi connectivity index (χ1v) is 6.13. The first-order chi connectivity index (χ1) is 6.40. The van der Waals surface area contributed by atoms with Crippen LogP contribution in [-0.4, -0.2) is 12.6 Å². The van der Waals surface area contributed by atoms with Crippen LogP contribution in [0.3, 0.4) is 0 Å². The minimum absolute atomic E-state index is 0.851. The molecular formula is C12H23N. The maximum atomic E-state index is 3.62. The van der Waals surface area contributed by atoms with Gasteiger partial charge in [0.15, 0.2) is 0 Å². The Kier molecular flexibility index (Phi) is 3.26. The molecule has 2 saturated carbocycles. The third-order valence-corrected chi connectivity index (χ3v) is 4.03. The van der Waals surface area contributed by atoms with Gasteiger partial charge in [0, 0.05) is 6.04 Å². The number of fused-ring (bicyclic) bond motifs is 1. The van der Waals surface area contributed by atoms with Gasteiger partial charge in [-0.05, 0) is 37.6 Å². The second-order valence-corrected chi connectivity index (χ2v) is 4.87. The van der Waals surface area contributed by atoms with Gasteiger partial charge in [-0.25, -0.2) is 0 Å². The summed E-state index contributed by atoms with van der Waals surface area (Å²) in [6.45, 7) is 3.38. The third-order valence-electron chi connectivity index (χ3n) is 4.03. The van der Waals surface area contributed by atoms with E-state index in [9.17, 15) is 0 Å². The fourth-order valence-corrected chi connectivity index (χ4v) is 3.35. The van der Waals surface area contributed by atoms with E-state index in [0.29, 0.717) is 0 Å². The zero-order valence-electron chi connectivity index (χ0n) is 8.89. The van der Waals surface area contributed by atoms with Gasteiger partial charge in [0.05, 0.1) is 0 Å². The summed E-state index contributed by atoms with van der Waals surface area (Å²) in [5, 5.41) is 3.62. The summed E-state index contributed by atoms with van der Waals surface area (Å²) in [7, 11) is 0. The largest absolute Gasteiger partial charge is 0.314 e. The minimum Gasteiger partial charge on any atom is -0.314 e. The molecule has 2 unspecified atom stereocenters. The molecule has 0 heterocycles. The van der Waals surface area contributed by atoms with Gasteiger partial charge in [-0.3, -0.25) is 0 Å². The van der Waals surface area contributed by atoms with Crippen LogP contribution in [0.15, 0.2) is 0 Å². The van der Waals surface area contributed by atoms with Crippen LogP contribution in [0.5, 0.6) is 0 Å². The lowest BCUT2D eigenvalue weighted by molar-refractivity contribution is 0.144. The topological polar surface area (TPSA) is 12.0 Å². The number of hydrogen-bond donors (Lipinski definition) is 1. The van der Waals surface area contributed by atoms with Crippen molar-refractivity contribution < 1.29 is 0 Å². The Bertz CT molecular complexity index is 155. The van der Waals surface area contributed by atoms with Crippen molar-refractivity contribution in [3.63, 3.8) is 0 Å². The average Bonchev–Trinajstić information content (AvgIpc) is 2.18. The predicted molar refractivity (Wildman–Crippen MR) is 56.8 cm³/mol. The number of nitrogens with one attached hydrogen (secondary N) is 1. The van der Waals surface area contributed by atoms with Crippen LogP contribution in [0.2, 0.25) is 0 Å². The molecule has 2 fully saturated rings. The van der Waals surface area contributed by atoms with E-state index in [4.69, 9.17) is 0 Å². The lowest BCUT2D eigenvalue weighted by Crippen LogP contribution is -2.38.